The van der Waals surface area contributed by atoms with Crippen molar-refractivity contribution in [1.29, 1.82) is 5.26 Å². The van der Waals surface area contributed by atoms with Crippen molar-refractivity contribution in [3.8, 4) is 17.8 Å². The average Bonchev–Trinajstić information content (AvgIpc) is 2.75. The Morgan fingerprint density at radius 2 is 2.10 bits per heavy atom. The maximum Gasteiger partial charge on any atom is 0.534 e. The van der Waals surface area contributed by atoms with Crippen LogP contribution in [0.15, 0.2) is 0 Å². The van der Waals surface area contributed by atoms with Gasteiger partial charge in [0.15, 0.2) is 0 Å². The van der Waals surface area contributed by atoms with Gasteiger partial charge in [0.2, 0.25) is 5.88 Å². The van der Waals surface area contributed by atoms with Crippen LogP contribution in [0.2, 0.25) is 0 Å². The molecule has 0 bridgehead atoms. The third kappa shape index (κ3) is 2.24. The zero-order valence-corrected chi connectivity index (χ0v) is 10.8. The second-order valence-electron chi connectivity index (χ2n) is 3.89. The zero-order chi connectivity index (χ0) is 15.1. The zero-order valence-electron chi connectivity index (χ0n) is 9.98. The number of fused-ring (bicyclic) bond motifs is 1. The number of aromatic nitrogens is 1. The van der Waals surface area contributed by atoms with Gasteiger partial charge in [0, 0.05) is 12.0 Å². The predicted octanol–water partition coefficient (Wildman–Crippen LogP) is 1.42. The first-order chi connectivity index (χ1) is 9.17. The Morgan fingerprint density at radius 3 is 2.65 bits per heavy atom. The van der Waals surface area contributed by atoms with Crippen LogP contribution in [0.5, 0.6) is 11.8 Å². The predicted molar refractivity (Wildman–Crippen MR) is 58.5 cm³/mol. The average molecular weight is 308 g/mol. The number of alkyl halides is 3. The van der Waals surface area contributed by atoms with Crippen molar-refractivity contribution in [1.82, 2.24) is 4.98 Å². The van der Waals surface area contributed by atoms with Crippen LogP contribution in [0.25, 0.3) is 0 Å². The number of rotatable bonds is 2. The molecule has 1 aromatic heterocycles. The van der Waals surface area contributed by atoms with Crippen LogP contribution in [0.4, 0.5) is 13.2 Å². The molecule has 0 fully saturated rings. The summed E-state index contributed by atoms with van der Waals surface area (Å²) in [6.45, 7) is 1.71. The number of hydrogen-bond donors (Lipinski definition) is 0. The van der Waals surface area contributed by atoms with Crippen molar-refractivity contribution >= 4 is 10.1 Å². The Kier molecular flexibility index (Phi) is 3.25. The van der Waals surface area contributed by atoms with Gasteiger partial charge in [-0.25, -0.2) is 0 Å². The highest BCUT2D eigenvalue weighted by Gasteiger charge is 2.49. The Morgan fingerprint density at radius 1 is 1.45 bits per heavy atom. The maximum absolute atomic E-state index is 12.3. The Labute approximate surface area is 111 Å². The first kappa shape index (κ1) is 14.4. The van der Waals surface area contributed by atoms with Gasteiger partial charge in [0.1, 0.15) is 11.6 Å². The van der Waals surface area contributed by atoms with E-state index in [4.69, 9.17) is 10.00 Å². The maximum atomic E-state index is 12.3. The van der Waals surface area contributed by atoms with E-state index in [1.807, 2.05) is 0 Å². The Bertz CT molecular complexity index is 707. The minimum atomic E-state index is -5.89. The van der Waals surface area contributed by atoms with Crippen molar-refractivity contribution in [2.24, 2.45) is 0 Å². The minimum absolute atomic E-state index is 0.0196. The largest absolute Gasteiger partial charge is 0.534 e. The SMILES string of the molecule is Cc1c(C#N)c(OS(=O)(=O)C(F)(F)F)nc2c1CCO2. The highest BCUT2D eigenvalue weighted by Crippen LogP contribution is 2.35. The van der Waals surface area contributed by atoms with Gasteiger partial charge in [-0.1, -0.05) is 0 Å². The van der Waals surface area contributed by atoms with Gasteiger partial charge in [-0.15, -0.1) is 0 Å². The number of halogens is 3. The molecule has 20 heavy (non-hydrogen) atoms. The highest BCUT2D eigenvalue weighted by atomic mass is 32.2. The van der Waals surface area contributed by atoms with E-state index in [-0.39, 0.29) is 18.1 Å². The van der Waals surface area contributed by atoms with E-state index in [1.165, 1.54) is 6.92 Å². The second-order valence-corrected chi connectivity index (χ2v) is 5.43. The van der Waals surface area contributed by atoms with Crippen LogP contribution in [-0.2, 0) is 16.5 Å². The van der Waals surface area contributed by atoms with E-state index in [9.17, 15) is 21.6 Å². The van der Waals surface area contributed by atoms with Crippen molar-refractivity contribution in [3.05, 3.63) is 16.7 Å². The quantitative estimate of drug-likeness (QED) is 0.606. The molecule has 2 heterocycles. The fraction of sp³-hybridized carbons (Fsp3) is 0.400. The molecule has 0 saturated carbocycles. The smallest absolute Gasteiger partial charge is 0.477 e. The molecular weight excluding hydrogens is 301 g/mol. The molecule has 0 radical (unpaired) electrons. The third-order valence-corrected chi connectivity index (χ3v) is 3.62. The summed E-state index contributed by atoms with van der Waals surface area (Å²) in [4.78, 5) is 3.54. The highest BCUT2D eigenvalue weighted by molar-refractivity contribution is 7.87. The molecule has 1 aromatic rings. The molecule has 6 nitrogen and oxygen atoms in total. The summed E-state index contributed by atoms with van der Waals surface area (Å²) in [6.07, 6.45) is 0.440. The summed E-state index contributed by atoms with van der Waals surface area (Å²) < 4.78 is 67.7. The molecule has 0 unspecified atom stereocenters. The fourth-order valence-electron chi connectivity index (χ4n) is 1.69. The number of pyridine rings is 1. The lowest BCUT2D eigenvalue weighted by Gasteiger charge is -2.12. The topological polar surface area (TPSA) is 89.3 Å². The summed E-state index contributed by atoms with van der Waals surface area (Å²) in [7, 11) is -5.89. The lowest BCUT2D eigenvalue weighted by Crippen LogP contribution is -2.28. The number of ether oxygens (including phenoxy) is 1. The first-order valence-corrected chi connectivity index (χ1v) is 6.65. The van der Waals surface area contributed by atoms with Crippen LogP contribution in [0.3, 0.4) is 0 Å². The van der Waals surface area contributed by atoms with E-state index in [0.717, 1.165) is 0 Å². The molecule has 108 valence electrons. The molecule has 1 aliphatic heterocycles. The van der Waals surface area contributed by atoms with Gasteiger partial charge >= 0.3 is 15.6 Å². The lowest BCUT2D eigenvalue weighted by molar-refractivity contribution is -0.0501. The summed E-state index contributed by atoms with van der Waals surface area (Å²) in [5.41, 5.74) is -5.11. The van der Waals surface area contributed by atoms with Gasteiger partial charge in [0.25, 0.3) is 5.88 Å². The van der Waals surface area contributed by atoms with Gasteiger partial charge in [-0.05, 0) is 12.5 Å². The summed E-state index contributed by atoms with van der Waals surface area (Å²) in [5, 5.41) is 8.94. The molecule has 1 aliphatic rings. The molecule has 0 amide bonds. The van der Waals surface area contributed by atoms with E-state index in [0.29, 0.717) is 17.5 Å². The second kappa shape index (κ2) is 4.52. The van der Waals surface area contributed by atoms with E-state index >= 15 is 0 Å². The lowest BCUT2D eigenvalue weighted by atomic mass is 10.0. The van der Waals surface area contributed by atoms with Crippen molar-refractivity contribution in [2.75, 3.05) is 6.61 Å². The van der Waals surface area contributed by atoms with E-state index < -0.39 is 21.5 Å². The normalized spacial score (nSPS) is 14.3. The number of nitriles is 1. The Balaban J connectivity index is 2.55. The summed E-state index contributed by atoms with van der Waals surface area (Å²) in [6, 6.07) is 1.59. The Hall–Kier alpha value is -2.02. The molecule has 0 saturated heterocycles. The van der Waals surface area contributed by atoms with Crippen LogP contribution < -0.4 is 8.92 Å². The van der Waals surface area contributed by atoms with Gasteiger partial charge in [-0.3, -0.25) is 0 Å². The summed E-state index contributed by atoms with van der Waals surface area (Å²) >= 11 is 0. The number of nitrogens with zero attached hydrogens (tertiary/aromatic N) is 2. The van der Waals surface area contributed by atoms with Crippen LogP contribution >= 0.6 is 0 Å². The van der Waals surface area contributed by atoms with Crippen molar-refractivity contribution < 1.29 is 30.5 Å². The van der Waals surface area contributed by atoms with Crippen molar-refractivity contribution in [2.45, 2.75) is 18.9 Å². The van der Waals surface area contributed by atoms with Crippen LogP contribution in [-0.4, -0.2) is 25.5 Å². The molecule has 2 rings (SSSR count). The van der Waals surface area contributed by atoms with E-state index in [1.54, 1.807) is 6.07 Å². The molecule has 0 aliphatic carbocycles. The molecule has 0 spiro atoms. The first-order valence-electron chi connectivity index (χ1n) is 5.24. The fourth-order valence-corrected chi connectivity index (χ4v) is 2.12. The van der Waals surface area contributed by atoms with Crippen LogP contribution in [0.1, 0.15) is 16.7 Å². The van der Waals surface area contributed by atoms with Gasteiger partial charge in [-0.2, -0.15) is 31.8 Å². The van der Waals surface area contributed by atoms with E-state index in [2.05, 4.69) is 9.17 Å². The van der Waals surface area contributed by atoms with Crippen molar-refractivity contribution in [3.63, 3.8) is 0 Å². The molecular formula is C10H7F3N2O4S. The monoisotopic (exact) mass is 308 g/mol. The molecule has 0 atom stereocenters. The summed E-state index contributed by atoms with van der Waals surface area (Å²) in [5.74, 6) is -0.947. The molecule has 10 heteroatoms. The van der Waals surface area contributed by atoms with Gasteiger partial charge < -0.3 is 8.92 Å². The van der Waals surface area contributed by atoms with Crippen LogP contribution in [0, 0.1) is 18.3 Å². The molecule has 0 N–H and O–H groups in total. The van der Waals surface area contributed by atoms with Gasteiger partial charge in [0.05, 0.1) is 6.61 Å². The number of hydrogen-bond acceptors (Lipinski definition) is 6. The molecule has 0 aromatic carbocycles. The minimum Gasteiger partial charge on any atom is -0.477 e. The third-order valence-electron chi connectivity index (χ3n) is 2.68. The standard InChI is InChI=1S/C10H7F3N2O4S/c1-5-6-2-3-18-8(6)15-9(7(5)4-14)19-20(16,17)10(11,12)13/h2-3H2,1H3.